The molecule has 0 radical (unpaired) electrons. The highest BCUT2D eigenvalue weighted by molar-refractivity contribution is 7.86. The number of hydrogen-bond donors (Lipinski definition) is 0. The summed E-state index contributed by atoms with van der Waals surface area (Å²) in [6.07, 6.45) is 0. The Balaban J connectivity index is 2.51. The van der Waals surface area contributed by atoms with Gasteiger partial charge < -0.3 is 8.67 Å². The lowest BCUT2D eigenvalue weighted by Crippen LogP contribution is -2.41. The van der Waals surface area contributed by atoms with Gasteiger partial charge in [-0.25, -0.2) is 0 Å². The first-order valence-electron chi connectivity index (χ1n) is 5.20. The molecule has 92 valence electrons. The van der Waals surface area contributed by atoms with Gasteiger partial charge in [0, 0.05) is 5.56 Å². The molecule has 1 aromatic rings. The van der Waals surface area contributed by atoms with Crippen LogP contribution in [0.25, 0.3) is 0 Å². The average Bonchev–Trinajstić information content (AvgIpc) is 2.13. The Hall–Kier alpha value is -1.40. The largest absolute Gasteiger partial charge is 0.428 e. The van der Waals surface area contributed by atoms with Crippen LogP contribution < -0.4 is 4.18 Å². The maximum atomic E-state index is 11.5. The number of para-hydroxylation sites is 1. The quantitative estimate of drug-likeness (QED) is 0.735. The van der Waals surface area contributed by atoms with E-state index in [-0.39, 0.29) is 0 Å². The summed E-state index contributed by atoms with van der Waals surface area (Å²) in [4.78, 5) is 0. The molecule has 0 aromatic heterocycles. The van der Waals surface area contributed by atoms with Crippen LogP contribution >= 0.6 is 0 Å². The molecule has 0 atom stereocenters. The van der Waals surface area contributed by atoms with Crippen molar-refractivity contribution in [1.29, 1.82) is 0 Å². The van der Waals surface area contributed by atoms with E-state index in [4.69, 9.17) is 4.18 Å². The lowest BCUT2D eigenvalue weighted by atomic mass is 10.1. The summed E-state index contributed by atoms with van der Waals surface area (Å²) in [6.45, 7) is 0.527. The third-order valence-electron chi connectivity index (χ3n) is 2.24. The van der Waals surface area contributed by atoms with Crippen LogP contribution in [0.15, 0.2) is 28.7 Å². The van der Waals surface area contributed by atoms with E-state index in [2.05, 4.69) is 4.40 Å². The Morgan fingerprint density at radius 3 is 2.53 bits per heavy atom. The van der Waals surface area contributed by atoms with Gasteiger partial charge in [0.25, 0.3) is 0 Å². The fourth-order valence-electron chi connectivity index (χ4n) is 1.66. The summed E-state index contributed by atoms with van der Waals surface area (Å²) in [7, 11) is 2.10. The molecule has 1 aliphatic rings. The average molecular weight is 255 g/mol. The molecule has 6 heteroatoms. The number of nitrogens with zero attached hydrogens (tertiary/aromatic N) is 2. The fourth-order valence-corrected chi connectivity index (χ4v) is 2.49. The summed E-state index contributed by atoms with van der Waals surface area (Å²) < 4.78 is 32.1. The lowest BCUT2D eigenvalue weighted by molar-refractivity contribution is -0.860. The molecule has 0 amide bonds. The zero-order valence-corrected chi connectivity index (χ0v) is 10.9. The zero-order valence-electron chi connectivity index (χ0n) is 10.0. The van der Waals surface area contributed by atoms with Crippen LogP contribution in [-0.2, 0) is 10.3 Å². The van der Waals surface area contributed by atoms with E-state index in [1.807, 2.05) is 33.3 Å². The summed E-state index contributed by atoms with van der Waals surface area (Å²) in [6, 6.07) is 7.03. The van der Waals surface area contributed by atoms with Gasteiger partial charge in [-0.1, -0.05) is 12.1 Å². The van der Waals surface area contributed by atoms with Crippen molar-refractivity contribution in [2.45, 2.75) is 0 Å². The summed E-state index contributed by atoms with van der Waals surface area (Å²) in [5, 5.41) is 0. The minimum absolute atomic E-state index is 0.353. The molecule has 0 saturated heterocycles. The maximum absolute atomic E-state index is 11.5. The highest BCUT2D eigenvalue weighted by Crippen LogP contribution is 2.26. The van der Waals surface area contributed by atoms with Crippen molar-refractivity contribution in [3.05, 3.63) is 29.8 Å². The van der Waals surface area contributed by atoms with Crippen LogP contribution in [-0.4, -0.2) is 46.3 Å². The maximum Gasteiger partial charge on any atom is 0.428 e. The van der Waals surface area contributed by atoms with Gasteiger partial charge in [-0.2, -0.15) is 8.42 Å². The molecule has 0 bridgehead atoms. The predicted octanol–water partition coefficient (Wildman–Crippen LogP) is 0.819. The first kappa shape index (κ1) is 12.1. The van der Waals surface area contributed by atoms with Gasteiger partial charge in [0.1, 0.15) is 12.3 Å². The van der Waals surface area contributed by atoms with Crippen LogP contribution in [0, 0.1) is 0 Å². The number of benzene rings is 1. The van der Waals surface area contributed by atoms with Crippen molar-refractivity contribution in [1.82, 2.24) is 0 Å². The minimum Gasteiger partial charge on any atom is -0.365 e. The molecule has 1 heterocycles. The molecule has 1 aliphatic heterocycles. The summed E-state index contributed by atoms with van der Waals surface area (Å²) in [5.41, 5.74) is 1.29. The third kappa shape index (κ3) is 2.83. The third-order valence-corrected chi connectivity index (χ3v) is 3.07. The van der Waals surface area contributed by atoms with Gasteiger partial charge in [0.2, 0.25) is 0 Å². The molecule has 0 spiro atoms. The SMILES string of the molecule is C[N+](C)(C)CC1=NS(=O)(=O)Oc2ccccc21. The van der Waals surface area contributed by atoms with E-state index in [1.54, 1.807) is 12.1 Å². The van der Waals surface area contributed by atoms with Crippen molar-refractivity contribution < 1.29 is 17.1 Å². The Morgan fingerprint density at radius 2 is 1.88 bits per heavy atom. The van der Waals surface area contributed by atoms with Crippen LogP contribution in [0.1, 0.15) is 5.56 Å². The number of hydrogen-bond acceptors (Lipinski definition) is 3. The molecule has 0 N–H and O–H groups in total. The molecular weight excluding hydrogens is 240 g/mol. The molecule has 0 unspecified atom stereocenters. The molecule has 5 nitrogen and oxygen atoms in total. The Kier molecular flexibility index (Phi) is 2.71. The number of likely N-dealkylation sites (N-methyl/N-ethyl adjacent to an activating group) is 1. The Morgan fingerprint density at radius 1 is 1.24 bits per heavy atom. The molecule has 0 saturated carbocycles. The second-order valence-corrected chi connectivity index (χ2v) is 6.20. The second-order valence-electron chi connectivity index (χ2n) is 4.99. The lowest BCUT2D eigenvalue weighted by Gasteiger charge is -2.26. The smallest absolute Gasteiger partial charge is 0.365 e. The standard InChI is InChI=1S/C11H15N2O3S/c1-13(2,3)8-10-9-6-4-5-7-11(9)16-17(14,15)12-10/h4-7H,8H2,1-3H3/q+1. The summed E-state index contributed by atoms with van der Waals surface area (Å²) in [5.74, 6) is 0.353. The predicted molar refractivity (Wildman–Crippen MR) is 65.4 cm³/mol. The zero-order chi connectivity index (χ0) is 12.7. The Labute approximate surface area is 101 Å². The van der Waals surface area contributed by atoms with Crippen LogP contribution in [0.3, 0.4) is 0 Å². The first-order chi connectivity index (χ1) is 7.77. The number of rotatable bonds is 2. The summed E-state index contributed by atoms with van der Waals surface area (Å²) >= 11 is 0. The minimum atomic E-state index is -3.84. The molecule has 0 fully saturated rings. The molecule has 17 heavy (non-hydrogen) atoms. The van der Waals surface area contributed by atoms with Crippen molar-refractivity contribution >= 4 is 16.0 Å². The van der Waals surface area contributed by atoms with Crippen molar-refractivity contribution in [2.75, 3.05) is 27.7 Å². The normalized spacial score (nSPS) is 17.9. The van der Waals surface area contributed by atoms with Gasteiger partial charge >= 0.3 is 10.3 Å². The van der Waals surface area contributed by atoms with Gasteiger partial charge in [-0.05, 0) is 12.1 Å². The van der Waals surface area contributed by atoms with Crippen LogP contribution in [0.2, 0.25) is 0 Å². The van der Waals surface area contributed by atoms with Gasteiger partial charge in [-0.15, -0.1) is 4.40 Å². The number of quaternary nitrogens is 1. The van der Waals surface area contributed by atoms with Gasteiger partial charge in [0.15, 0.2) is 5.75 Å². The van der Waals surface area contributed by atoms with E-state index in [0.717, 1.165) is 5.56 Å². The first-order valence-corrected chi connectivity index (χ1v) is 6.56. The van der Waals surface area contributed by atoms with Gasteiger partial charge in [-0.3, -0.25) is 0 Å². The van der Waals surface area contributed by atoms with E-state index >= 15 is 0 Å². The van der Waals surface area contributed by atoms with E-state index in [9.17, 15) is 8.42 Å². The van der Waals surface area contributed by atoms with Crippen molar-refractivity contribution in [2.24, 2.45) is 4.40 Å². The molecule has 0 aliphatic carbocycles. The van der Waals surface area contributed by atoms with Crippen LogP contribution in [0.4, 0.5) is 0 Å². The molecule has 2 rings (SSSR count). The number of fused-ring (bicyclic) bond motifs is 1. The van der Waals surface area contributed by atoms with E-state index < -0.39 is 10.3 Å². The van der Waals surface area contributed by atoms with Gasteiger partial charge in [0.05, 0.1) is 21.1 Å². The van der Waals surface area contributed by atoms with E-state index in [0.29, 0.717) is 22.5 Å². The van der Waals surface area contributed by atoms with Crippen molar-refractivity contribution in [3.63, 3.8) is 0 Å². The monoisotopic (exact) mass is 255 g/mol. The molecular formula is C11H15N2O3S+. The second kappa shape index (κ2) is 3.82. The van der Waals surface area contributed by atoms with Crippen LogP contribution in [0.5, 0.6) is 5.75 Å². The molecule has 1 aromatic carbocycles. The van der Waals surface area contributed by atoms with Crippen molar-refractivity contribution in [3.8, 4) is 5.75 Å². The fraction of sp³-hybridized carbons (Fsp3) is 0.364. The topological polar surface area (TPSA) is 55.7 Å². The van der Waals surface area contributed by atoms with E-state index in [1.165, 1.54) is 0 Å². The highest BCUT2D eigenvalue weighted by Gasteiger charge is 2.27. The Bertz CT molecular complexity index is 571. The highest BCUT2D eigenvalue weighted by atomic mass is 32.2.